The van der Waals surface area contributed by atoms with E-state index in [0.29, 0.717) is 26.1 Å². The van der Waals surface area contributed by atoms with Gasteiger partial charge in [0.1, 0.15) is 0 Å². The number of amides is 1. The average molecular weight is 391 g/mol. The van der Waals surface area contributed by atoms with Crippen LogP contribution in [0.5, 0.6) is 0 Å². The number of rotatable bonds is 6. The van der Waals surface area contributed by atoms with Crippen LogP contribution in [0.25, 0.3) is 0 Å². The Morgan fingerprint density at radius 1 is 1.07 bits per heavy atom. The summed E-state index contributed by atoms with van der Waals surface area (Å²) in [5.74, 6) is -0.0187. The van der Waals surface area contributed by atoms with Crippen molar-refractivity contribution in [3.8, 4) is 0 Å². The molecule has 0 spiro atoms. The molecule has 0 bridgehead atoms. The van der Waals surface area contributed by atoms with Gasteiger partial charge in [0, 0.05) is 32.7 Å². The van der Waals surface area contributed by atoms with Gasteiger partial charge in [-0.25, -0.2) is 0 Å². The quantitative estimate of drug-likeness (QED) is 0.795. The molecule has 1 saturated heterocycles. The third-order valence-electron chi connectivity index (χ3n) is 5.06. The molecule has 0 aliphatic carbocycles. The Morgan fingerprint density at radius 2 is 1.75 bits per heavy atom. The molecular formula is C21H24F3N3O. The smallest absolute Gasteiger partial charge is 0.358 e. The minimum atomic E-state index is -4.32. The molecule has 1 amide bonds. The largest absolute Gasteiger partial charge is 0.416 e. The van der Waals surface area contributed by atoms with Gasteiger partial charge in [0.2, 0.25) is 5.91 Å². The first kappa shape index (κ1) is 20.4. The monoisotopic (exact) mass is 391 g/mol. The van der Waals surface area contributed by atoms with Crippen LogP contribution >= 0.6 is 0 Å². The minimum Gasteiger partial charge on any atom is -0.358 e. The third kappa shape index (κ3) is 5.11. The van der Waals surface area contributed by atoms with E-state index in [2.05, 4.69) is 15.5 Å². The molecule has 0 radical (unpaired) electrons. The highest BCUT2D eigenvalue weighted by Gasteiger charge is 2.36. The highest BCUT2D eigenvalue weighted by Crippen LogP contribution is 2.29. The topological polar surface area (TPSA) is 44.4 Å². The van der Waals surface area contributed by atoms with E-state index in [1.165, 1.54) is 12.1 Å². The Labute approximate surface area is 162 Å². The molecule has 2 N–H and O–H groups in total. The number of alkyl halides is 3. The number of nitrogens with zero attached hydrogens (tertiary/aromatic N) is 1. The first-order chi connectivity index (χ1) is 13.4. The predicted molar refractivity (Wildman–Crippen MR) is 101 cm³/mol. The maximum Gasteiger partial charge on any atom is 0.416 e. The summed E-state index contributed by atoms with van der Waals surface area (Å²) in [7, 11) is 1.63. The highest BCUT2D eigenvalue weighted by molar-refractivity contribution is 5.81. The van der Waals surface area contributed by atoms with E-state index in [9.17, 15) is 18.0 Å². The molecule has 1 aliphatic rings. The van der Waals surface area contributed by atoms with Gasteiger partial charge >= 0.3 is 6.18 Å². The van der Waals surface area contributed by atoms with Crippen LogP contribution in [0.4, 0.5) is 13.2 Å². The summed E-state index contributed by atoms with van der Waals surface area (Å²) in [5.41, 5.74) is 1.27. The van der Waals surface area contributed by atoms with Gasteiger partial charge in [-0.2, -0.15) is 13.2 Å². The van der Waals surface area contributed by atoms with Crippen molar-refractivity contribution in [2.24, 2.45) is 0 Å². The summed E-state index contributed by atoms with van der Waals surface area (Å²) in [6.07, 6.45) is -3.66. The molecule has 150 valence electrons. The number of likely N-dealkylation sites (tertiary alicyclic amines) is 1. The van der Waals surface area contributed by atoms with Crippen LogP contribution in [0.3, 0.4) is 0 Å². The van der Waals surface area contributed by atoms with E-state index >= 15 is 0 Å². The van der Waals surface area contributed by atoms with E-state index in [1.54, 1.807) is 7.05 Å². The number of carbonyl (C=O) groups excluding carboxylic acids is 1. The summed E-state index contributed by atoms with van der Waals surface area (Å²) < 4.78 is 38.0. The number of benzene rings is 2. The van der Waals surface area contributed by atoms with Crippen molar-refractivity contribution in [1.82, 2.24) is 15.5 Å². The molecule has 0 unspecified atom stereocenters. The minimum absolute atomic E-state index is 0.0187. The van der Waals surface area contributed by atoms with Crippen LogP contribution in [-0.4, -0.2) is 36.5 Å². The molecule has 2 aromatic carbocycles. The second-order valence-corrected chi connectivity index (χ2v) is 7.05. The van der Waals surface area contributed by atoms with E-state index in [0.717, 1.165) is 23.3 Å². The Hall–Kier alpha value is -2.38. The van der Waals surface area contributed by atoms with E-state index in [-0.39, 0.29) is 18.0 Å². The van der Waals surface area contributed by atoms with Crippen LogP contribution in [-0.2, 0) is 24.1 Å². The maximum atomic E-state index is 12.7. The SMILES string of the molecule is CNC(=O)[C@@H]1C[C@@H](NCc2ccc(C(F)(F)F)cc2)CN1Cc1ccccc1. The zero-order valence-electron chi connectivity index (χ0n) is 15.7. The lowest BCUT2D eigenvalue weighted by atomic mass is 10.1. The molecule has 2 aromatic rings. The summed E-state index contributed by atoms with van der Waals surface area (Å²) in [4.78, 5) is 14.4. The molecule has 1 fully saturated rings. The fraction of sp³-hybridized carbons (Fsp3) is 0.381. The Bertz CT molecular complexity index is 778. The molecule has 1 heterocycles. The summed E-state index contributed by atoms with van der Waals surface area (Å²) in [6.45, 7) is 1.84. The lowest BCUT2D eigenvalue weighted by Crippen LogP contribution is -2.41. The third-order valence-corrected chi connectivity index (χ3v) is 5.06. The lowest BCUT2D eigenvalue weighted by Gasteiger charge is -2.22. The van der Waals surface area contributed by atoms with Gasteiger partial charge < -0.3 is 10.6 Å². The summed E-state index contributed by atoms with van der Waals surface area (Å²) in [6, 6.07) is 15.0. The van der Waals surface area contributed by atoms with Crippen molar-refractivity contribution in [1.29, 1.82) is 0 Å². The van der Waals surface area contributed by atoms with Crippen LogP contribution in [0.2, 0.25) is 0 Å². The number of hydrogen-bond acceptors (Lipinski definition) is 3. The lowest BCUT2D eigenvalue weighted by molar-refractivity contribution is -0.137. The normalized spacial score (nSPS) is 20.3. The average Bonchev–Trinajstić information content (AvgIpc) is 3.09. The first-order valence-corrected chi connectivity index (χ1v) is 9.26. The zero-order valence-corrected chi connectivity index (χ0v) is 15.7. The maximum absolute atomic E-state index is 12.7. The standard InChI is InChI=1S/C21H24F3N3O/c1-25-20(28)19-11-18(14-27(19)13-16-5-3-2-4-6-16)26-12-15-7-9-17(10-8-15)21(22,23)24/h2-10,18-19,26H,11-14H2,1H3,(H,25,28)/t18-,19+/m1/s1. The fourth-order valence-electron chi connectivity index (χ4n) is 3.56. The van der Waals surface area contributed by atoms with E-state index < -0.39 is 11.7 Å². The van der Waals surface area contributed by atoms with Crippen molar-refractivity contribution in [2.75, 3.05) is 13.6 Å². The fourth-order valence-corrected chi connectivity index (χ4v) is 3.56. The molecule has 2 atom stereocenters. The van der Waals surface area contributed by atoms with Crippen LogP contribution in [0.15, 0.2) is 54.6 Å². The Morgan fingerprint density at radius 3 is 2.36 bits per heavy atom. The van der Waals surface area contributed by atoms with Gasteiger partial charge in [0.15, 0.2) is 0 Å². The number of hydrogen-bond donors (Lipinski definition) is 2. The van der Waals surface area contributed by atoms with Gasteiger partial charge in [0.05, 0.1) is 11.6 Å². The first-order valence-electron chi connectivity index (χ1n) is 9.26. The number of carbonyl (C=O) groups is 1. The van der Waals surface area contributed by atoms with Gasteiger partial charge in [-0.05, 0) is 29.7 Å². The van der Waals surface area contributed by atoms with Crippen molar-refractivity contribution >= 4 is 5.91 Å². The number of nitrogens with one attached hydrogen (secondary N) is 2. The van der Waals surface area contributed by atoms with Crippen LogP contribution in [0.1, 0.15) is 23.1 Å². The van der Waals surface area contributed by atoms with Crippen LogP contribution < -0.4 is 10.6 Å². The van der Waals surface area contributed by atoms with Gasteiger partial charge in [0.25, 0.3) is 0 Å². The second-order valence-electron chi connectivity index (χ2n) is 7.05. The van der Waals surface area contributed by atoms with E-state index in [4.69, 9.17) is 0 Å². The zero-order chi connectivity index (χ0) is 20.1. The molecule has 1 aliphatic heterocycles. The molecule has 7 heteroatoms. The highest BCUT2D eigenvalue weighted by atomic mass is 19.4. The molecule has 0 aromatic heterocycles. The van der Waals surface area contributed by atoms with Gasteiger partial charge in [-0.3, -0.25) is 9.69 Å². The Balaban J connectivity index is 1.60. The summed E-state index contributed by atoms with van der Waals surface area (Å²) >= 11 is 0. The van der Waals surface area contributed by atoms with Gasteiger partial charge in [-0.1, -0.05) is 42.5 Å². The van der Waals surface area contributed by atoms with Crippen molar-refractivity contribution < 1.29 is 18.0 Å². The predicted octanol–water partition coefficient (Wildman–Crippen LogP) is 3.18. The van der Waals surface area contributed by atoms with E-state index in [1.807, 2.05) is 30.3 Å². The molecule has 3 rings (SSSR count). The molecule has 4 nitrogen and oxygen atoms in total. The number of likely N-dealkylation sites (N-methyl/N-ethyl adjacent to an activating group) is 1. The van der Waals surface area contributed by atoms with Crippen LogP contribution in [0, 0.1) is 0 Å². The van der Waals surface area contributed by atoms with Crippen molar-refractivity contribution in [3.05, 3.63) is 71.3 Å². The second kappa shape index (κ2) is 8.75. The number of halogens is 3. The van der Waals surface area contributed by atoms with Crippen molar-refractivity contribution in [3.63, 3.8) is 0 Å². The molecular weight excluding hydrogens is 367 g/mol. The molecule has 0 saturated carbocycles. The van der Waals surface area contributed by atoms with Gasteiger partial charge in [-0.15, -0.1) is 0 Å². The molecule has 28 heavy (non-hydrogen) atoms. The Kier molecular flexibility index (Phi) is 6.36. The van der Waals surface area contributed by atoms with Crippen molar-refractivity contribution in [2.45, 2.75) is 37.8 Å². The summed E-state index contributed by atoms with van der Waals surface area (Å²) in [5, 5.41) is 6.10.